The molecule has 2 heterocycles. The van der Waals surface area contributed by atoms with Crippen molar-refractivity contribution in [2.45, 2.75) is 44.7 Å². The fourth-order valence-corrected chi connectivity index (χ4v) is 2.56. The van der Waals surface area contributed by atoms with Gasteiger partial charge in [-0.05, 0) is 25.8 Å². The van der Waals surface area contributed by atoms with Gasteiger partial charge in [-0.1, -0.05) is 13.3 Å². The van der Waals surface area contributed by atoms with Crippen LogP contribution < -0.4 is 5.32 Å². The summed E-state index contributed by atoms with van der Waals surface area (Å²) in [5.74, 6) is 0. The second-order valence-electron chi connectivity index (χ2n) is 4.18. The van der Waals surface area contributed by atoms with Crippen LogP contribution in [0.15, 0.2) is 0 Å². The smallest absolute Gasteiger partial charge is 0.0221 e. The lowest BCUT2D eigenvalue weighted by atomic mass is 10.1. The third kappa shape index (κ3) is 1.64. The van der Waals surface area contributed by atoms with E-state index in [1.807, 2.05) is 0 Å². The Hall–Kier alpha value is -0.0800. The lowest BCUT2D eigenvalue weighted by molar-refractivity contribution is 0.168. The molecule has 0 radical (unpaired) electrons. The molecule has 0 bridgehead atoms. The maximum atomic E-state index is 3.65. The van der Waals surface area contributed by atoms with Crippen LogP contribution in [0.4, 0.5) is 0 Å². The molecule has 2 heteroatoms. The van der Waals surface area contributed by atoms with Gasteiger partial charge in [0.15, 0.2) is 0 Å². The number of hydrogen-bond donors (Lipinski definition) is 1. The van der Waals surface area contributed by atoms with E-state index in [0.29, 0.717) is 0 Å². The molecular formula is C10H20N2. The number of nitrogens with one attached hydrogen (secondary N) is 1. The van der Waals surface area contributed by atoms with Crippen LogP contribution >= 0.6 is 0 Å². The summed E-state index contributed by atoms with van der Waals surface area (Å²) in [4.78, 5) is 2.68. The van der Waals surface area contributed by atoms with E-state index in [1.165, 1.54) is 45.3 Å². The van der Waals surface area contributed by atoms with E-state index in [-0.39, 0.29) is 0 Å². The third-order valence-corrected chi connectivity index (χ3v) is 3.23. The molecule has 2 atom stereocenters. The quantitative estimate of drug-likeness (QED) is 0.667. The van der Waals surface area contributed by atoms with E-state index in [2.05, 4.69) is 17.1 Å². The molecule has 12 heavy (non-hydrogen) atoms. The minimum atomic E-state index is 0.782. The topological polar surface area (TPSA) is 15.3 Å². The van der Waals surface area contributed by atoms with Gasteiger partial charge in [0, 0.05) is 25.2 Å². The number of rotatable bonds is 2. The molecule has 1 N–H and O–H groups in total. The molecule has 0 aromatic heterocycles. The van der Waals surface area contributed by atoms with Crippen LogP contribution in [0, 0.1) is 0 Å². The monoisotopic (exact) mass is 168 g/mol. The molecule has 2 rings (SSSR count). The van der Waals surface area contributed by atoms with Gasteiger partial charge in [0.05, 0.1) is 0 Å². The maximum absolute atomic E-state index is 3.65. The Labute approximate surface area is 75.3 Å². The fraction of sp³-hybridized carbons (Fsp3) is 1.00. The molecule has 2 nitrogen and oxygen atoms in total. The van der Waals surface area contributed by atoms with Gasteiger partial charge in [0.1, 0.15) is 0 Å². The summed E-state index contributed by atoms with van der Waals surface area (Å²) in [7, 11) is 0. The van der Waals surface area contributed by atoms with Crippen LogP contribution in [-0.4, -0.2) is 36.6 Å². The van der Waals surface area contributed by atoms with E-state index < -0.39 is 0 Å². The number of hydrogen-bond acceptors (Lipinski definition) is 2. The summed E-state index contributed by atoms with van der Waals surface area (Å²) >= 11 is 0. The van der Waals surface area contributed by atoms with Gasteiger partial charge in [-0.25, -0.2) is 0 Å². The van der Waals surface area contributed by atoms with Gasteiger partial charge in [0.25, 0.3) is 0 Å². The Kier molecular flexibility index (Phi) is 2.66. The van der Waals surface area contributed by atoms with Crippen molar-refractivity contribution >= 4 is 0 Å². The van der Waals surface area contributed by atoms with Crippen molar-refractivity contribution in [2.75, 3.05) is 19.6 Å². The Morgan fingerprint density at radius 2 is 2.42 bits per heavy atom. The SMILES string of the molecule is CCCC1CN2CCCC2CN1. The van der Waals surface area contributed by atoms with E-state index >= 15 is 0 Å². The normalized spacial score (nSPS) is 36.8. The van der Waals surface area contributed by atoms with E-state index in [0.717, 1.165) is 12.1 Å². The van der Waals surface area contributed by atoms with Gasteiger partial charge in [-0.3, -0.25) is 4.90 Å². The zero-order valence-electron chi connectivity index (χ0n) is 8.05. The molecule has 0 aromatic rings. The predicted molar refractivity (Wildman–Crippen MR) is 51.3 cm³/mol. The average molecular weight is 168 g/mol. The average Bonchev–Trinajstić information content (AvgIpc) is 2.51. The van der Waals surface area contributed by atoms with Gasteiger partial charge in [0.2, 0.25) is 0 Å². The van der Waals surface area contributed by atoms with Gasteiger partial charge < -0.3 is 5.32 Å². The third-order valence-electron chi connectivity index (χ3n) is 3.23. The van der Waals surface area contributed by atoms with E-state index in [9.17, 15) is 0 Å². The van der Waals surface area contributed by atoms with Crippen molar-refractivity contribution in [3.05, 3.63) is 0 Å². The van der Waals surface area contributed by atoms with Crippen LogP contribution in [0.3, 0.4) is 0 Å². The summed E-state index contributed by atoms with van der Waals surface area (Å²) in [6.45, 7) is 6.17. The molecule has 2 fully saturated rings. The van der Waals surface area contributed by atoms with E-state index in [1.54, 1.807) is 0 Å². The van der Waals surface area contributed by atoms with Gasteiger partial charge in [-0.2, -0.15) is 0 Å². The first-order valence-electron chi connectivity index (χ1n) is 5.37. The lowest BCUT2D eigenvalue weighted by Crippen LogP contribution is -2.53. The van der Waals surface area contributed by atoms with Crippen molar-refractivity contribution in [2.24, 2.45) is 0 Å². The molecule has 0 saturated carbocycles. The Morgan fingerprint density at radius 3 is 3.25 bits per heavy atom. The summed E-state index contributed by atoms with van der Waals surface area (Å²) in [6, 6.07) is 1.66. The standard InChI is InChI=1S/C10H20N2/c1-2-4-9-8-12-6-3-5-10(12)7-11-9/h9-11H,2-8H2,1H3. The molecular weight excluding hydrogens is 148 g/mol. The number of nitrogens with zero attached hydrogens (tertiary/aromatic N) is 1. The summed E-state index contributed by atoms with van der Waals surface area (Å²) in [5, 5.41) is 3.65. The molecule has 2 aliphatic heterocycles. The first-order chi connectivity index (χ1) is 5.90. The molecule has 0 amide bonds. The lowest BCUT2D eigenvalue weighted by Gasteiger charge is -2.36. The van der Waals surface area contributed by atoms with Crippen molar-refractivity contribution in [1.82, 2.24) is 10.2 Å². The highest BCUT2D eigenvalue weighted by Crippen LogP contribution is 2.20. The largest absolute Gasteiger partial charge is 0.311 e. The van der Waals surface area contributed by atoms with Gasteiger partial charge >= 0.3 is 0 Å². The molecule has 0 aliphatic carbocycles. The summed E-state index contributed by atoms with van der Waals surface area (Å²) in [6.07, 6.45) is 5.51. The van der Waals surface area contributed by atoms with Crippen molar-refractivity contribution < 1.29 is 0 Å². The fourth-order valence-electron chi connectivity index (χ4n) is 2.56. The Morgan fingerprint density at radius 1 is 1.50 bits per heavy atom. The molecule has 70 valence electrons. The van der Waals surface area contributed by atoms with Crippen molar-refractivity contribution in [1.29, 1.82) is 0 Å². The first kappa shape index (κ1) is 8.52. The second-order valence-corrected chi connectivity index (χ2v) is 4.18. The molecule has 0 spiro atoms. The maximum Gasteiger partial charge on any atom is 0.0221 e. The van der Waals surface area contributed by atoms with Crippen LogP contribution in [0.5, 0.6) is 0 Å². The minimum Gasteiger partial charge on any atom is -0.311 e. The Bertz CT molecular complexity index is 147. The van der Waals surface area contributed by atoms with Crippen molar-refractivity contribution in [3.8, 4) is 0 Å². The zero-order valence-corrected chi connectivity index (χ0v) is 8.05. The van der Waals surface area contributed by atoms with E-state index in [4.69, 9.17) is 0 Å². The predicted octanol–water partition coefficient (Wildman–Crippen LogP) is 1.22. The van der Waals surface area contributed by atoms with Crippen molar-refractivity contribution in [3.63, 3.8) is 0 Å². The zero-order chi connectivity index (χ0) is 8.39. The van der Waals surface area contributed by atoms with Gasteiger partial charge in [-0.15, -0.1) is 0 Å². The first-order valence-corrected chi connectivity index (χ1v) is 5.37. The molecule has 0 aromatic carbocycles. The highest BCUT2D eigenvalue weighted by molar-refractivity contribution is 4.89. The van der Waals surface area contributed by atoms with Crippen LogP contribution in [0.25, 0.3) is 0 Å². The summed E-state index contributed by atoms with van der Waals surface area (Å²) < 4.78 is 0. The number of piperazine rings is 1. The van der Waals surface area contributed by atoms with Crippen LogP contribution in [0.2, 0.25) is 0 Å². The molecule has 2 saturated heterocycles. The number of fused-ring (bicyclic) bond motifs is 1. The molecule has 2 aliphatic rings. The second kappa shape index (κ2) is 3.75. The minimum absolute atomic E-state index is 0.782. The Balaban J connectivity index is 1.84. The summed E-state index contributed by atoms with van der Waals surface area (Å²) in [5.41, 5.74) is 0. The van der Waals surface area contributed by atoms with Crippen LogP contribution in [-0.2, 0) is 0 Å². The highest BCUT2D eigenvalue weighted by atomic mass is 15.2. The van der Waals surface area contributed by atoms with Crippen LogP contribution in [0.1, 0.15) is 32.6 Å². The highest BCUT2D eigenvalue weighted by Gasteiger charge is 2.30. The molecule has 2 unspecified atom stereocenters.